The maximum absolute atomic E-state index is 12.9. The Morgan fingerprint density at radius 1 is 1.04 bits per heavy atom. The first-order valence-electron chi connectivity index (χ1n) is 9.23. The van der Waals surface area contributed by atoms with Crippen LogP contribution in [0.5, 0.6) is 0 Å². The monoisotopic (exact) mass is 376 g/mol. The van der Waals surface area contributed by atoms with Crippen LogP contribution in [0.1, 0.15) is 51.2 Å². The summed E-state index contributed by atoms with van der Waals surface area (Å²) in [4.78, 5) is 43.4. The minimum atomic E-state index is -0.442. The van der Waals surface area contributed by atoms with Crippen molar-refractivity contribution in [1.29, 1.82) is 0 Å². The third-order valence-electron chi connectivity index (χ3n) is 4.87. The highest BCUT2D eigenvalue weighted by Gasteiger charge is 2.26. The maximum Gasteiger partial charge on any atom is 0.292 e. The van der Waals surface area contributed by atoms with Crippen molar-refractivity contribution in [3.63, 3.8) is 0 Å². The Morgan fingerprint density at radius 3 is 2.57 bits per heavy atom. The van der Waals surface area contributed by atoms with Crippen LogP contribution in [0, 0.1) is 0 Å². The van der Waals surface area contributed by atoms with E-state index < -0.39 is 5.91 Å². The van der Waals surface area contributed by atoms with E-state index in [4.69, 9.17) is 0 Å². The molecule has 2 amide bonds. The van der Waals surface area contributed by atoms with Gasteiger partial charge in [-0.15, -0.1) is 0 Å². The Kier molecular flexibility index (Phi) is 4.65. The van der Waals surface area contributed by atoms with Crippen LogP contribution >= 0.6 is 0 Å². The van der Waals surface area contributed by atoms with Gasteiger partial charge in [0.25, 0.3) is 11.8 Å². The van der Waals surface area contributed by atoms with Crippen LogP contribution in [0.3, 0.4) is 0 Å². The molecule has 0 spiro atoms. The van der Waals surface area contributed by atoms with Gasteiger partial charge in [-0.05, 0) is 44.0 Å². The SMILES string of the molecule is CC(=O)c1cccc(NC(=O)c2nc(C(=O)N3CCCC3)c3ccccn23)c1. The molecule has 28 heavy (non-hydrogen) atoms. The molecule has 142 valence electrons. The number of benzene rings is 1. The molecule has 1 aliphatic heterocycles. The number of carbonyl (C=O) groups is 3. The predicted octanol–water partition coefficient (Wildman–Crippen LogP) is 3.03. The first kappa shape index (κ1) is 17.9. The highest BCUT2D eigenvalue weighted by molar-refractivity contribution is 6.06. The number of Topliss-reactive ketones (excluding diaryl/α,β-unsaturated/α-hetero) is 1. The second kappa shape index (κ2) is 7.26. The van der Waals surface area contributed by atoms with Gasteiger partial charge in [-0.1, -0.05) is 18.2 Å². The minimum absolute atomic E-state index is 0.0825. The summed E-state index contributed by atoms with van der Waals surface area (Å²) >= 11 is 0. The Morgan fingerprint density at radius 2 is 1.82 bits per heavy atom. The third kappa shape index (κ3) is 3.26. The van der Waals surface area contributed by atoms with E-state index in [2.05, 4.69) is 10.3 Å². The molecule has 1 aromatic carbocycles. The maximum atomic E-state index is 12.9. The molecule has 0 bridgehead atoms. The standard InChI is InChI=1S/C21H20N4O3/c1-14(26)15-7-6-8-16(13-15)22-20(27)19-23-18(17-9-2-3-12-25(17)19)21(28)24-10-4-5-11-24/h2-3,6-9,12-13H,4-5,10-11H2,1H3,(H,22,27). The summed E-state index contributed by atoms with van der Waals surface area (Å²) in [5, 5.41) is 2.77. The van der Waals surface area contributed by atoms with Crippen LogP contribution in [-0.2, 0) is 0 Å². The van der Waals surface area contributed by atoms with Gasteiger partial charge in [0.1, 0.15) is 0 Å². The fraction of sp³-hybridized carbons (Fsp3) is 0.238. The fourth-order valence-corrected chi connectivity index (χ4v) is 3.43. The first-order valence-corrected chi connectivity index (χ1v) is 9.23. The lowest BCUT2D eigenvalue weighted by Crippen LogP contribution is -2.28. The van der Waals surface area contributed by atoms with Crippen molar-refractivity contribution in [3.8, 4) is 0 Å². The lowest BCUT2D eigenvalue weighted by Gasteiger charge is -2.13. The van der Waals surface area contributed by atoms with Gasteiger partial charge < -0.3 is 10.2 Å². The normalized spacial score (nSPS) is 13.7. The molecule has 0 saturated carbocycles. The average Bonchev–Trinajstić information content (AvgIpc) is 3.36. The van der Waals surface area contributed by atoms with E-state index in [1.54, 1.807) is 51.9 Å². The van der Waals surface area contributed by atoms with Gasteiger partial charge in [0.2, 0.25) is 5.82 Å². The molecule has 7 heteroatoms. The smallest absolute Gasteiger partial charge is 0.292 e. The molecule has 0 radical (unpaired) electrons. The molecule has 7 nitrogen and oxygen atoms in total. The number of hydrogen-bond acceptors (Lipinski definition) is 4. The highest BCUT2D eigenvalue weighted by Crippen LogP contribution is 2.19. The zero-order valence-electron chi connectivity index (χ0n) is 15.5. The number of nitrogens with one attached hydrogen (secondary N) is 1. The molecule has 3 heterocycles. The number of ketones is 1. The molecule has 1 aliphatic rings. The summed E-state index contributed by atoms with van der Waals surface area (Å²) in [5.74, 6) is -0.548. The average molecular weight is 376 g/mol. The van der Waals surface area contributed by atoms with Crippen molar-refractivity contribution in [2.45, 2.75) is 19.8 Å². The molecule has 0 unspecified atom stereocenters. The van der Waals surface area contributed by atoms with Gasteiger partial charge in [-0.25, -0.2) is 4.98 Å². The number of nitrogens with zero attached hydrogens (tertiary/aromatic N) is 3. The van der Waals surface area contributed by atoms with Crippen molar-refractivity contribution in [1.82, 2.24) is 14.3 Å². The molecule has 4 rings (SSSR count). The quantitative estimate of drug-likeness (QED) is 0.710. The third-order valence-corrected chi connectivity index (χ3v) is 4.87. The zero-order valence-corrected chi connectivity index (χ0v) is 15.5. The molecule has 1 saturated heterocycles. The largest absolute Gasteiger partial charge is 0.337 e. The molecule has 1 fully saturated rings. The first-order chi connectivity index (χ1) is 13.5. The molecule has 3 aromatic rings. The van der Waals surface area contributed by atoms with Crippen LogP contribution < -0.4 is 5.32 Å². The summed E-state index contributed by atoms with van der Waals surface area (Å²) in [6.45, 7) is 2.90. The van der Waals surface area contributed by atoms with E-state index >= 15 is 0 Å². The molecular weight excluding hydrogens is 356 g/mol. The second-order valence-corrected chi connectivity index (χ2v) is 6.83. The van der Waals surface area contributed by atoms with Crippen LogP contribution in [0.4, 0.5) is 5.69 Å². The van der Waals surface area contributed by atoms with Crippen molar-refractivity contribution < 1.29 is 14.4 Å². The summed E-state index contributed by atoms with van der Waals surface area (Å²) in [6.07, 6.45) is 3.68. The number of hydrogen-bond donors (Lipinski definition) is 1. The molecular formula is C21H20N4O3. The molecule has 0 aliphatic carbocycles. The molecule has 1 N–H and O–H groups in total. The van der Waals surface area contributed by atoms with E-state index in [1.165, 1.54) is 6.92 Å². The van der Waals surface area contributed by atoms with Crippen molar-refractivity contribution in [2.24, 2.45) is 0 Å². The summed E-state index contributed by atoms with van der Waals surface area (Å²) < 4.78 is 1.62. The van der Waals surface area contributed by atoms with Crippen LogP contribution in [0.25, 0.3) is 5.52 Å². The summed E-state index contributed by atoms with van der Waals surface area (Å²) in [6, 6.07) is 12.1. The highest BCUT2D eigenvalue weighted by atomic mass is 16.2. The fourth-order valence-electron chi connectivity index (χ4n) is 3.43. The number of aromatic nitrogens is 2. The Hall–Kier alpha value is -3.48. The summed E-state index contributed by atoms with van der Waals surface area (Å²) in [7, 11) is 0. The van der Waals surface area contributed by atoms with Gasteiger partial charge in [-0.3, -0.25) is 18.8 Å². The number of imidazole rings is 1. The number of pyridine rings is 1. The van der Waals surface area contributed by atoms with E-state index in [9.17, 15) is 14.4 Å². The molecule has 0 atom stereocenters. The Balaban J connectivity index is 1.68. The summed E-state index contributed by atoms with van der Waals surface area (Å²) in [5.41, 5.74) is 1.89. The number of anilines is 1. The number of likely N-dealkylation sites (tertiary alicyclic amines) is 1. The number of fused-ring (bicyclic) bond motifs is 1. The van der Waals surface area contributed by atoms with Crippen molar-refractivity contribution in [2.75, 3.05) is 18.4 Å². The van der Waals surface area contributed by atoms with Gasteiger partial charge >= 0.3 is 0 Å². The van der Waals surface area contributed by atoms with E-state index in [0.717, 1.165) is 12.8 Å². The van der Waals surface area contributed by atoms with E-state index in [1.807, 2.05) is 6.07 Å². The van der Waals surface area contributed by atoms with E-state index in [-0.39, 0.29) is 23.2 Å². The topological polar surface area (TPSA) is 83.8 Å². The number of amides is 2. The van der Waals surface area contributed by atoms with Crippen molar-refractivity contribution in [3.05, 3.63) is 65.7 Å². The molecule has 2 aromatic heterocycles. The number of carbonyl (C=O) groups excluding carboxylic acids is 3. The van der Waals surface area contributed by atoms with Crippen LogP contribution in [-0.4, -0.2) is 45.0 Å². The zero-order chi connectivity index (χ0) is 19.7. The lowest BCUT2D eigenvalue weighted by atomic mass is 10.1. The Labute approximate surface area is 162 Å². The second-order valence-electron chi connectivity index (χ2n) is 6.83. The van der Waals surface area contributed by atoms with Crippen LogP contribution in [0.2, 0.25) is 0 Å². The van der Waals surface area contributed by atoms with Gasteiger partial charge in [0, 0.05) is 30.5 Å². The predicted molar refractivity (Wildman–Crippen MR) is 105 cm³/mol. The lowest BCUT2D eigenvalue weighted by molar-refractivity contribution is 0.0789. The van der Waals surface area contributed by atoms with Crippen molar-refractivity contribution >= 4 is 28.8 Å². The number of rotatable bonds is 4. The van der Waals surface area contributed by atoms with Gasteiger partial charge in [0.05, 0.1) is 5.52 Å². The van der Waals surface area contributed by atoms with E-state index in [0.29, 0.717) is 29.9 Å². The Bertz CT molecular complexity index is 1080. The van der Waals surface area contributed by atoms with Crippen LogP contribution in [0.15, 0.2) is 48.7 Å². The van der Waals surface area contributed by atoms with Gasteiger partial charge in [0.15, 0.2) is 11.5 Å². The van der Waals surface area contributed by atoms with Gasteiger partial charge in [-0.2, -0.15) is 0 Å². The minimum Gasteiger partial charge on any atom is -0.337 e.